The summed E-state index contributed by atoms with van der Waals surface area (Å²) in [5.74, 6) is 0.836. The third-order valence-corrected chi connectivity index (χ3v) is 4.34. The molecule has 2 unspecified atom stereocenters. The van der Waals surface area contributed by atoms with Gasteiger partial charge in [-0.05, 0) is 44.4 Å². The third kappa shape index (κ3) is 3.74. The average molecular weight is 225 g/mol. The van der Waals surface area contributed by atoms with E-state index in [2.05, 4.69) is 0 Å². The van der Waals surface area contributed by atoms with Crippen LogP contribution in [-0.4, -0.2) is 18.8 Å². The smallest absolute Gasteiger partial charge is 0.0576 e. The van der Waals surface area contributed by atoms with Gasteiger partial charge < -0.3 is 10.5 Å². The van der Waals surface area contributed by atoms with Crippen molar-refractivity contribution < 1.29 is 4.74 Å². The van der Waals surface area contributed by atoms with Crippen molar-refractivity contribution in [1.29, 1.82) is 0 Å². The highest BCUT2D eigenvalue weighted by Gasteiger charge is 2.21. The Balaban J connectivity index is 1.50. The molecule has 2 heteroatoms. The SMILES string of the molecule is NC(CCCCC1CCCO1)C1CCCC1. The van der Waals surface area contributed by atoms with Crippen molar-refractivity contribution >= 4 is 0 Å². The monoisotopic (exact) mass is 225 g/mol. The molecular formula is C14H27NO. The molecule has 1 saturated heterocycles. The summed E-state index contributed by atoms with van der Waals surface area (Å²) in [5, 5.41) is 0. The van der Waals surface area contributed by atoms with Gasteiger partial charge in [0, 0.05) is 12.6 Å². The normalized spacial score (nSPS) is 28.7. The van der Waals surface area contributed by atoms with Gasteiger partial charge in [0.05, 0.1) is 6.10 Å². The predicted octanol–water partition coefficient (Wildman–Crippen LogP) is 3.24. The molecule has 0 aromatic heterocycles. The molecule has 1 heterocycles. The number of unbranched alkanes of at least 4 members (excludes halogenated alkanes) is 1. The summed E-state index contributed by atoms with van der Waals surface area (Å²) in [6, 6.07) is 0.479. The lowest BCUT2D eigenvalue weighted by Gasteiger charge is -2.18. The van der Waals surface area contributed by atoms with Crippen LogP contribution in [0.4, 0.5) is 0 Å². The van der Waals surface area contributed by atoms with Crippen LogP contribution in [0.15, 0.2) is 0 Å². The molecule has 0 radical (unpaired) electrons. The molecule has 2 atom stereocenters. The second-order valence-corrected chi connectivity index (χ2v) is 5.63. The maximum Gasteiger partial charge on any atom is 0.0576 e. The van der Waals surface area contributed by atoms with E-state index in [4.69, 9.17) is 10.5 Å². The number of rotatable bonds is 6. The maximum atomic E-state index is 6.24. The summed E-state index contributed by atoms with van der Waals surface area (Å²) in [4.78, 5) is 0. The number of ether oxygens (including phenoxy) is 1. The van der Waals surface area contributed by atoms with E-state index in [1.807, 2.05) is 0 Å². The van der Waals surface area contributed by atoms with Gasteiger partial charge >= 0.3 is 0 Å². The van der Waals surface area contributed by atoms with E-state index >= 15 is 0 Å². The van der Waals surface area contributed by atoms with Crippen LogP contribution in [0.3, 0.4) is 0 Å². The van der Waals surface area contributed by atoms with Crippen LogP contribution >= 0.6 is 0 Å². The Labute approximate surface area is 99.9 Å². The van der Waals surface area contributed by atoms with Crippen molar-refractivity contribution in [3.8, 4) is 0 Å². The highest BCUT2D eigenvalue weighted by Crippen LogP contribution is 2.29. The molecule has 2 fully saturated rings. The van der Waals surface area contributed by atoms with Crippen LogP contribution in [0.1, 0.15) is 64.2 Å². The first-order valence-corrected chi connectivity index (χ1v) is 7.23. The van der Waals surface area contributed by atoms with Crippen LogP contribution in [0.2, 0.25) is 0 Å². The van der Waals surface area contributed by atoms with Crippen LogP contribution in [0.25, 0.3) is 0 Å². The molecule has 1 aliphatic heterocycles. The van der Waals surface area contributed by atoms with Crippen molar-refractivity contribution in [1.82, 2.24) is 0 Å². The Hall–Kier alpha value is -0.0800. The molecule has 94 valence electrons. The first-order valence-electron chi connectivity index (χ1n) is 7.23. The Kier molecular flexibility index (Phi) is 5.11. The lowest BCUT2D eigenvalue weighted by atomic mass is 9.94. The van der Waals surface area contributed by atoms with Crippen LogP contribution in [-0.2, 0) is 4.74 Å². The van der Waals surface area contributed by atoms with E-state index in [1.165, 1.54) is 64.2 Å². The number of hydrogen-bond acceptors (Lipinski definition) is 2. The van der Waals surface area contributed by atoms with Crippen molar-refractivity contribution in [2.45, 2.75) is 76.4 Å². The van der Waals surface area contributed by atoms with Gasteiger partial charge in [0.15, 0.2) is 0 Å². The number of hydrogen-bond donors (Lipinski definition) is 1. The van der Waals surface area contributed by atoms with Gasteiger partial charge in [0.2, 0.25) is 0 Å². The Morgan fingerprint density at radius 1 is 1.06 bits per heavy atom. The van der Waals surface area contributed by atoms with E-state index in [1.54, 1.807) is 0 Å². The van der Waals surface area contributed by atoms with Gasteiger partial charge in [-0.15, -0.1) is 0 Å². The van der Waals surface area contributed by atoms with Gasteiger partial charge in [0.1, 0.15) is 0 Å². The molecule has 0 bridgehead atoms. The summed E-state index contributed by atoms with van der Waals surface area (Å²) in [5.41, 5.74) is 6.24. The first kappa shape index (κ1) is 12.4. The standard InChI is InChI=1S/C14H27NO/c15-14(12-6-1-2-7-12)10-4-3-8-13-9-5-11-16-13/h12-14H,1-11,15H2. The molecule has 0 spiro atoms. The zero-order valence-electron chi connectivity index (χ0n) is 10.5. The van der Waals surface area contributed by atoms with E-state index < -0.39 is 0 Å². The van der Waals surface area contributed by atoms with Gasteiger partial charge in [-0.25, -0.2) is 0 Å². The molecule has 2 rings (SSSR count). The Bertz CT molecular complexity index is 183. The number of nitrogens with two attached hydrogens (primary N) is 1. The summed E-state index contributed by atoms with van der Waals surface area (Å²) in [6.45, 7) is 0.992. The maximum absolute atomic E-state index is 6.24. The molecule has 0 amide bonds. The molecule has 0 aromatic rings. The largest absolute Gasteiger partial charge is 0.378 e. The minimum absolute atomic E-state index is 0.479. The molecule has 2 nitrogen and oxygen atoms in total. The molecule has 16 heavy (non-hydrogen) atoms. The average Bonchev–Trinajstić information content (AvgIpc) is 2.96. The zero-order chi connectivity index (χ0) is 11.2. The highest BCUT2D eigenvalue weighted by atomic mass is 16.5. The van der Waals surface area contributed by atoms with Crippen molar-refractivity contribution in [2.75, 3.05) is 6.61 Å². The Morgan fingerprint density at radius 2 is 1.88 bits per heavy atom. The van der Waals surface area contributed by atoms with Crippen LogP contribution in [0, 0.1) is 5.92 Å². The van der Waals surface area contributed by atoms with Crippen molar-refractivity contribution in [3.63, 3.8) is 0 Å². The lowest BCUT2D eigenvalue weighted by molar-refractivity contribution is 0.101. The zero-order valence-corrected chi connectivity index (χ0v) is 10.5. The van der Waals surface area contributed by atoms with Gasteiger partial charge in [-0.3, -0.25) is 0 Å². The Morgan fingerprint density at radius 3 is 2.56 bits per heavy atom. The third-order valence-electron chi connectivity index (χ3n) is 4.34. The summed E-state index contributed by atoms with van der Waals surface area (Å²) in [7, 11) is 0. The fourth-order valence-electron chi connectivity index (χ4n) is 3.25. The summed E-state index contributed by atoms with van der Waals surface area (Å²) >= 11 is 0. The van der Waals surface area contributed by atoms with Gasteiger partial charge in [-0.2, -0.15) is 0 Å². The first-order chi connectivity index (χ1) is 7.86. The molecular weight excluding hydrogens is 198 g/mol. The van der Waals surface area contributed by atoms with Crippen LogP contribution in [0.5, 0.6) is 0 Å². The van der Waals surface area contributed by atoms with E-state index in [0.29, 0.717) is 12.1 Å². The van der Waals surface area contributed by atoms with Gasteiger partial charge in [0.25, 0.3) is 0 Å². The lowest BCUT2D eigenvalue weighted by Crippen LogP contribution is -2.28. The van der Waals surface area contributed by atoms with E-state index in [0.717, 1.165) is 12.5 Å². The minimum atomic E-state index is 0.479. The van der Waals surface area contributed by atoms with Crippen molar-refractivity contribution in [3.05, 3.63) is 0 Å². The molecule has 2 aliphatic rings. The van der Waals surface area contributed by atoms with Crippen LogP contribution < -0.4 is 5.73 Å². The molecule has 2 N–H and O–H groups in total. The van der Waals surface area contributed by atoms with E-state index in [9.17, 15) is 0 Å². The highest BCUT2D eigenvalue weighted by molar-refractivity contribution is 4.78. The molecule has 0 aromatic carbocycles. The van der Waals surface area contributed by atoms with Crippen molar-refractivity contribution in [2.24, 2.45) is 11.7 Å². The molecule has 1 aliphatic carbocycles. The predicted molar refractivity (Wildman–Crippen MR) is 67.4 cm³/mol. The van der Waals surface area contributed by atoms with Gasteiger partial charge in [-0.1, -0.05) is 25.7 Å². The quantitative estimate of drug-likeness (QED) is 0.704. The summed E-state index contributed by atoms with van der Waals surface area (Å²) in [6.07, 6.45) is 13.8. The second-order valence-electron chi connectivity index (χ2n) is 5.63. The topological polar surface area (TPSA) is 35.2 Å². The summed E-state index contributed by atoms with van der Waals surface area (Å²) < 4.78 is 5.63. The minimum Gasteiger partial charge on any atom is -0.378 e. The second kappa shape index (κ2) is 6.61. The fraction of sp³-hybridized carbons (Fsp3) is 1.00. The van der Waals surface area contributed by atoms with E-state index in [-0.39, 0.29) is 0 Å². The molecule has 1 saturated carbocycles. The fourth-order valence-corrected chi connectivity index (χ4v) is 3.25.